The van der Waals surface area contributed by atoms with Gasteiger partial charge in [-0.3, -0.25) is 0 Å². The molecule has 2 aliphatic carbocycles. The maximum absolute atomic E-state index is 7.30. The van der Waals surface area contributed by atoms with E-state index >= 15 is 0 Å². The number of fused-ring (bicyclic) bond motifs is 1. The third-order valence-electron chi connectivity index (χ3n) is 11.1. The Balaban J connectivity index is 0.925. The maximum Gasteiger partial charge on any atom is 0.240 e. The molecule has 0 radical (unpaired) electrons. The molecule has 1 aliphatic heterocycles. The van der Waals surface area contributed by atoms with Gasteiger partial charge >= 0.3 is 0 Å². The zero-order chi connectivity index (χ0) is 34.0. The Morgan fingerprint density at radius 3 is 2.18 bits per heavy atom. The smallest absolute Gasteiger partial charge is 0.240 e. The molecular formula is C42H57N3O3Si. The number of hydrogen-bond acceptors (Lipinski definition) is 6. The number of likely N-dealkylation sites (tertiary alicyclic amines) is 1. The van der Waals surface area contributed by atoms with Crippen LogP contribution in [-0.4, -0.2) is 70.4 Å². The van der Waals surface area contributed by atoms with E-state index in [0.29, 0.717) is 5.92 Å². The number of hydrogen-bond donors (Lipinski definition) is 0. The van der Waals surface area contributed by atoms with Gasteiger partial charge in [0.2, 0.25) is 9.04 Å². The third-order valence-corrected chi connectivity index (χ3v) is 13.7. The molecule has 1 unspecified atom stereocenters. The normalized spacial score (nSPS) is 21.1. The van der Waals surface area contributed by atoms with Crippen molar-refractivity contribution in [3.8, 4) is 5.75 Å². The van der Waals surface area contributed by atoms with Crippen molar-refractivity contribution in [2.45, 2.75) is 78.4 Å². The summed E-state index contributed by atoms with van der Waals surface area (Å²) in [5, 5.41) is 8.50. The van der Waals surface area contributed by atoms with E-state index < -0.39 is 9.04 Å². The average Bonchev–Trinajstić information content (AvgIpc) is 4.02. The Labute approximate surface area is 295 Å². The van der Waals surface area contributed by atoms with E-state index in [2.05, 4.69) is 123 Å². The van der Waals surface area contributed by atoms with E-state index in [-0.39, 0.29) is 11.5 Å². The van der Waals surface area contributed by atoms with Crippen LogP contribution in [0.25, 0.3) is 11.0 Å². The highest BCUT2D eigenvalue weighted by Crippen LogP contribution is 2.49. The molecule has 3 atom stereocenters. The first kappa shape index (κ1) is 34.5. The molecule has 2 saturated carbocycles. The summed E-state index contributed by atoms with van der Waals surface area (Å²) in [4.78, 5) is 4.93. The molecule has 0 bridgehead atoms. The summed E-state index contributed by atoms with van der Waals surface area (Å²) in [6, 6.07) is 26.3. The zero-order valence-corrected chi connectivity index (χ0v) is 31.6. The molecule has 1 saturated heterocycles. The van der Waals surface area contributed by atoms with E-state index in [0.717, 1.165) is 65.3 Å². The number of aromatic nitrogens is 1. The Morgan fingerprint density at radius 1 is 0.898 bits per heavy atom. The summed E-state index contributed by atoms with van der Waals surface area (Å²) in [5.41, 5.74) is 3.24. The van der Waals surface area contributed by atoms with Gasteiger partial charge in [0.1, 0.15) is 5.75 Å². The van der Waals surface area contributed by atoms with Crippen LogP contribution >= 0.6 is 0 Å². The minimum Gasteiger partial charge on any atom is -0.493 e. The van der Waals surface area contributed by atoms with Gasteiger partial charge in [-0.2, -0.15) is 0 Å². The fourth-order valence-corrected chi connectivity index (χ4v) is 10.8. The Bertz CT molecular complexity index is 1600. The van der Waals surface area contributed by atoms with Gasteiger partial charge in [0.25, 0.3) is 0 Å². The Hall–Kier alpha value is -2.97. The molecule has 2 heterocycles. The molecule has 3 fully saturated rings. The zero-order valence-electron chi connectivity index (χ0n) is 30.4. The first-order chi connectivity index (χ1) is 23.7. The van der Waals surface area contributed by atoms with Gasteiger partial charge in [0, 0.05) is 18.5 Å². The number of rotatable bonds is 15. The van der Waals surface area contributed by atoms with Crippen molar-refractivity contribution >= 4 is 30.4 Å². The number of aryl methyl sites for hydroxylation is 1. The first-order valence-corrected chi connectivity index (χ1v) is 20.5. The van der Waals surface area contributed by atoms with Crippen LogP contribution in [-0.2, 0) is 17.4 Å². The van der Waals surface area contributed by atoms with E-state index in [9.17, 15) is 0 Å². The molecule has 49 heavy (non-hydrogen) atoms. The van der Waals surface area contributed by atoms with Crippen molar-refractivity contribution in [3.05, 3.63) is 84.1 Å². The minimum atomic E-state index is -1.80. The average molecular weight is 680 g/mol. The van der Waals surface area contributed by atoms with E-state index in [1.54, 1.807) is 0 Å². The summed E-state index contributed by atoms with van der Waals surface area (Å²) in [7, 11) is 2.40. The number of ether oxygens (including phenoxy) is 1. The van der Waals surface area contributed by atoms with E-state index in [1.807, 2.05) is 0 Å². The van der Waals surface area contributed by atoms with Crippen LogP contribution in [0.1, 0.15) is 70.6 Å². The summed E-state index contributed by atoms with van der Waals surface area (Å²) >= 11 is 0. The Morgan fingerprint density at radius 2 is 1.57 bits per heavy atom. The molecule has 1 aromatic heterocycles. The summed E-state index contributed by atoms with van der Waals surface area (Å²) < 4.78 is 19.5. The quantitative estimate of drug-likeness (QED) is 0.127. The van der Waals surface area contributed by atoms with Crippen LogP contribution in [0.4, 0.5) is 0 Å². The van der Waals surface area contributed by atoms with Gasteiger partial charge in [-0.05, 0) is 124 Å². The predicted molar refractivity (Wildman–Crippen MR) is 202 cm³/mol. The standard InChI is InChI=1S/C42H57N3O3Si/c1-42(2,3)41(48-49(33-12-8-6-9-13-33)34-14-10-7-11-15-34)36-26-32(36)27-45-24-22-30(23-25-45)18-20-38-35-19-21-39(46-29-31-16-17-31)37(28-44(4)5)40(35)47-43-38/h6-15,19,21,30-32,36,41,49H,16-18,20,22-29H2,1-5H3/t32-,36+,41?/m0/s1. The number of piperidine rings is 1. The van der Waals surface area contributed by atoms with Crippen LogP contribution < -0.4 is 15.1 Å². The molecule has 6 nitrogen and oxygen atoms in total. The van der Waals surface area contributed by atoms with Gasteiger partial charge in [-0.1, -0.05) is 86.6 Å². The molecule has 0 amide bonds. The van der Waals surface area contributed by atoms with Gasteiger partial charge in [-0.15, -0.1) is 0 Å². The third kappa shape index (κ3) is 8.67. The molecule has 4 aromatic rings. The molecular weight excluding hydrogens is 623 g/mol. The van der Waals surface area contributed by atoms with Crippen LogP contribution in [0.2, 0.25) is 0 Å². The monoisotopic (exact) mass is 679 g/mol. The molecule has 0 N–H and O–H groups in total. The van der Waals surface area contributed by atoms with Gasteiger partial charge in [0.05, 0.1) is 24.0 Å². The SMILES string of the molecule is CN(C)Cc1c(OCC2CC2)ccc2c(CCC3CCN(C[C@@H]4C[C@H]4C(O[SiH](c4ccccc4)c4ccccc4)C(C)(C)C)CC3)noc12. The largest absolute Gasteiger partial charge is 0.493 e. The fraction of sp³-hybridized carbons (Fsp3) is 0.548. The van der Waals surface area contributed by atoms with Crippen LogP contribution in [0.5, 0.6) is 5.75 Å². The molecule has 3 aromatic carbocycles. The van der Waals surface area contributed by atoms with Gasteiger partial charge in [0.15, 0.2) is 5.58 Å². The molecule has 7 heteroatoms. The summed E-state index contributed by atoms with van der Waals surface area (Å²) in [5.74, 6) is 3.79. The lowest BCUT2D eigenvalue weighted by molar-refractivity contribution is 0.0606. The van der Waals surface area contributed by atoms with Crippen molar-refractivity contribution in [1.82, 2.24) is 15.0 Å². The van der Waals surface area contributed by atoms with Gasteiger partial charge in [-0.25, -0.2) is 0 Å². The lowest BCUT2D eigenvalue weighted by atomic mass is 9.85. The second-order valence-corrected chi connectivity index (χ2v) is 19.0. The van der Waals surface area contributed by atoms with Crippen molar-refractivity contribution in [1.29, 1.82) is 0 Å². The highest BCUT2D eigenvalue weighted by molar-refractivity contribution is 6.80. The second-order valence-electron chi connectivity index (χ2n) is 16.6. The van der Waals surface area contributed by atoms with E-state index in [1.165, 1.54) is 68.5 Å². The topological polar surface area (TPSA) is 51.0 Å². The summed E-state index contributed by atoms with van der Waals surface area (Å²) in [6.07, 6.45) is 8.83. The van der Waals surface area contributed by atoms with Crippen LogP contribution in [0.15, 0.2) is 77.3 Å². The summed E-state index contributed by atoms with van der Waals surface area (Å²) in [6.45, 7) is 12.3. The predicted octanol–water partition coefficient (Wildman–Crippen LogP) is 6.93. The molecule has 7 rings (SSSR count). The van der Waals surface area contributed by atoms with Crippen molar-refractivity contribution in [2.24, 2.45) is 29.1 Å². The minimum absolute atomic E-state index is 0.102. The molecule has 262 valence electrons. The number of benzene rings is 3. The molecule has 3 aliphatic rings. The number of nitrogens with zero attached hydrogens (tertiary/aromatic N) is 3. The Kier molecular flexibility index (Phi) is 10.6. The van der Waals surface area contributed by atoms with Crippen LogP contribution in [0.3, 0.4) is 0 Å². The molecule has 0 spiro atoms. The van der Waals surface area contributed by atoms with Crippen molar-refractivity contribution in [3.63, 3.8) is 0 Å². The van der Waals surface area contributed by atoms with Crippen LogP contribution in [0, 0.1) is 29.1 Å². The lowest BCUT2D eigenvalue weighted by Crippen LogP contribution is -2.50. The van der Waals surface area contributed by atoms with E-state index in [4.69, 9.17) is 13.7 Å². The fourth-order valence-electron chi connectivity index (χ4n) is 8.05. The maximum atomic E-state index is 7.30. The highest BCUT2D eigenvalue weighted by atomic mass is 28.3. The van der Waals surface area contributed by atoms with Crippen molar-refractivity contribution < 1.29 is 13.7 Å². The van der Waals surface area contributed by atoms with Crippen molar-refractivity contribution in [2.75, 3.05) is 40.3 Å². The lowest BCUT2D eigenvalue weighted by Gasteiger charge is -2.36. The first-order valence-electron chi connectivity index (χ1n) is 18.9. The second kappa shape index (κ2) is 15.1. The highest BCUT2D eigenvalue weighted by Gasteiger charge is 2.49. The van der Waals surface area contributed by atoms with Gasteiger partial charge < -0.3 is 23.5 Å².